The number of aromatic nitrogens is 4. The third-order valence-electron chi connectivity index (χ3n) is 2.55. The first-order chi connectivity index (χ1) is 9.70. The minimum absolute atomic E-state index is 0.0133. The van der Waals surface area contributed by atoms with E-state index < -0.39 is 5.97 Å². The molecule has 0 bridgehead atoms. The quantitative estimate of drug-likeness (QED) is 0.692. The van der Waals surface area contributed by atoms with E-state index in [0.717, 1.165) is 11.3 Å². The zero-order valence-corrected chi connectivity index (χ0v) is 11.2. The lowest BCUT2D eigenvalue weighted by Crippen LogP contribution is -2.10. The van der Waals surface area contributed by atoms with Gasteiger partial charge in [0, 0.05) is 5.56 Å². The van der Waals surface area contributed by atoms with Gasteiger partial charge in [0.2, 0.25) is 4.96 Å². The molecular formula is C12H9FN4O2S. The highest BCUT2D eigenvalue weighted by Crippen LogP contribution is 2.27. The minimum Gasteiger partial charge on any atom is -0.460 e. The van der Waals surface area contributed by atoms with Crippen LogP contribution < -0.4 is 0 Å². The molecule has 2 heterocycles. The van der Waals surface area contributed by atoms with Crippen LogP contribution in [0.4, 0.5) is 4.39 Å². The van der Waals surface area contributed by atoms with Crippen molar-refractivity contribution in [1.29, 1.82) is 0 Å². The Kier molecular flexibility index (Phi) is 3.15. The van der Waals surface area contributed by atoms with E-state index in [0.29, 0.717) is 15.5 Å². The van der Waals surface area contributed by atoms with Crippen LogP contribution in [0.5, 0.6) is 0 Å². The molecule has 0 amide bonds. The molecule has 0 saturated heterocycles. The smallest absolute Gasteiger partial charge is 0.378 e. The molecular weight excluding hydrogens is 283 g/mol. The molecule has 2 aromatic heterocycles. The van der Waals surface area contributed by atoms with Gasteiger partial charge in [0.1, 0.15) is 5.82 Å². The summed E-state index contributed by atoms with van der Waals surface area (Å²) in [4.78, 5) is 12.1. The molecule has 0 atom stereocenters. The first-order valence-electron chi connectivity index (χ1n) is 5.85. The summed E-state index contributed by atoms with van der Waals surface area (Å²) in [5.74, 6) is -0.999. The standard InChI is InChI=1S/C12H9FN4O2S/c1-2-19-11(18)9-14-15-12-17(9)16-10(20-12)7-5-3-4-6-8(7)13/h3-6H,2H2,1H3. The molecule has 0 aliphatic rings. The molecule has 20 heavy (non-hydrogen) atoms. The van der Waals surface area contributed by atoms with Gasteiger partial charge in [-0.25, -0.2) is 9.18 Å². The normalized spacial score (nSPS) is 10.9. The fraction of sp³-hybridized carbons (Fsp3) is 0.167. The number of benzene rings is 1. The average Bonchev–Trinajstić information content (AvgIpc) is 2.99. The second-order valence-electron chi connectivity index (χ2n) is 3.83. The molecule has 6 nitrogen and oxygen atoms in total. The Balaban J connectivity index is 2.08. The Morgan fingerprint density at radius 2 is 2.20 bits per heavy atom. The number of hydrogen-bond donors (Lipinski definition) is 0. The monoisotopic (exact) mass is 292 g/mol. The first-order valence-corrected chi connectivity index (χ1v) is 6.66. The number of nitrogens with zero attached hydrogens (tertiary/aromatic N) is 4. The van der Waals surface area contributed by atoms with E-state index in [-0.39, 0.29) is 18.2 Å². The SMILES string of the molecule is CCOC(=O)c1nnc2sc(-c3ccccc3F)nn12. The maximum absolute atomic E-state index is 13.7. The Hall–Kier alpha value is -2.35. The number of esters is 1. The molecule has 8 heteroatoms. The molecule has 0 spiro atoms. The highest BCUT2D eigenvalue weighted by atomic mass is 32.1. The van der Waals surface area contributed by atoms with E-state index in [9.17, 15) is 9.18 Å². The molecule has 0 aliphatic carbocycles. The van der Waals surface area contributed by atoms with Crippen LogP contribution in [0.15, 0.2) is 24.3 Å². The highest BCUT2D eigenvalue weighted by molar-refractivity contribution is 7.19. The van der Waals surface area contributed by atoms with E-state index in [1.807, 2.05) is 0 Å². The van der Waals surface area contributed by atoms with E-state index in [1.54, 1.807) is 25.1 Å². The van der Waals surface area contributed by atoms with Gasteiger partial charge < -0.3 is 4.74 Å². The average molecular weight is 292 g/mol. The predicted octanol–water partition coefficient (Wildman–Crippen LogP) is 2.17. The topological polar surface area (TPSA) is 69.4 Å². The van der Waals surface area contributed by atoms with Gasteiger partial charge in [-0.05, 0) is 19.1 Å². The Morgan fingerprint density at radius 1 is 1.40 bits per heavy atom. The Morgan fingerprint density at radius 3 is 2.95 bits per heavy atom. The van der Waals surface area contributed by atoms with Crippen molar-refractivity contribution in [2.45, 2.75) is 6.92 Å². The second-order valence-corrected chi connectivity index (χ2v) is 4.78. The molecule has 0 N–H and O–H groups in total. The van der Waals surface area contributed by atoms with Gasteiger partial charge >= 0.3 is 5.97 Å². The minimum atomic E-state index is -0.606. The van der Waals surface area contributed by atoms with Crippen molar-refractivity contribution in [3.63, 3.8) is 0 Å². The van der Waals surface area contributed by atoms with Crippen LogP contribution in [-0.2, 0) is 4.74 Å². The van der Waals surface area contributed by atoms with E-state index in [1.165, 1.54) is 10.6 Å². The summed E-state index contributed by atoms with van der Waals surface area (Å²) in [5.41, 5.74) is 0.359. The second kappa shape index (κ2) is 4.97. The Labute approximate surface area is 116 Å². The molecule has 3 aromatic rings. The lowest BCUT2D eigenvalue weighted by molar-refractivity contribution is 0.0509. The van der Waals surface area contributed by atoms with Crippen LogP contribution in [0.1, 0.15) is 17.5 Å². The third kappa shape index (κ3) is 2.03. The number of halogens is 1. The van der Waals surface area contributed by atoms with Crippen molar-refractivity contribution < 1.29 is 13.9 Å². The molecule has 3 rings (SSSR count). The molecule has 0 fully saturated rings. The van der Waals surface area contributed by atoms with Gasteiger partial charge in [-0.1, -0.05) is 23.5 Å². The van der Waals surface area contributed by atoms with Gasteiger partial charge in [0.05, 0.1) is 6.61 Å². The highest BCUT2D eigenvalue weighted by Gasteiger charge is 2.20. The molecule has 102 valence electrons. The summed E-state index contributed by atoms with van der Waals surface area (Å²) >= 11 is 1.15. The van der Waals surface area contributed by atoms with Crippen LogP contribution >= 0.6 is 11.3 Å². The van der Waals surface area contributed by atoms with Crippen molar-refractivity contribution in [3.05, 3.63) is 35.9 Å². The van der Waals surface area contributed by atoms with Gasteiger partial charge in [0.25, 0.3) is 5.82 Å². The van der Waals surface area contributed by atoms with Crippen LogP contribution in [0.3, 0.4) is 0 Å². The van der Waals surface area contributed by atoms with Gasteiger partial charge in [-0.2, -0.15) is 9.61 Å². The van der Waals surface area contributed by atoms with E-state index >= 15 is 0 Å². The fourth-order valence-electron chi connectivity index (χ4n) is 1.68. The Bertz CT molecular complexity index is 783. The molecule has 0 saturated carbocycles. The lowest BCUT2D eigenvalue weighted by Gasteiger charge is -1.98. The lowest BCUT2D eigenvalue weighted by atomic mass is 10.2. The van der Waals surface area contributed by atoms with Crippen molar-refractivity contribution in [2.75, 3.05) is 6.61 Å². The largest absolute Gasteiger partial charge is 0.460 e. The molecule has 1 aromatic carbocycles. The van der Waals surface area contributed by atoms with Gasteiger partial charge in [-0.15, -0.1) is 10.2 Å². The number of hydrogen-bond acceptors (Lipinski definition) is 6. The summed E-state index contributed by atoms with van der Waals surface area (Å²) in [6.45, 7) is 1.93. The summed E-state index contributed by atoms with van der Waals surface area (Å²) in [6.07, 6.45) is 0. The van der Waals surface area contributed by atoms with E-state index in [2.05, 4.69) is 15.3 Å². The molecule has 0 unspecified atom stereocenters. The van der Waals surface area contributed by atoms with E-state index in [4.69, 9.17) is 4.74 Å². The van der Waals surface area contributed by atoms with Crippen molar-refractivity contribution in [2.24, 2.45) is 0 Å². The van der Waals surface area contributed by atoms with Crippen LogP contribution in [-0.4, -0.2) is 32.4 Å². The zero-order chi connectivity index (χ0) is 14.1. The maximum Gasteiger partial charge on any atom is 0.378 e. The molecule has 0 aliphatic heterocycles. The van der Waals surface area contributed by atoms with Crippen molar-refractivity contribution >= 4 is 22.3 Å². The molecule has 0 radical (unpaired) electrons. The summed E-state index contributed by atoms with van der Waals surface area (Å²) in [7, 11) is 0. The predicted molar refractivity (Wildman–Crippen MR) is 70.0 cm³/mol. The number of carbonyl (C=O) groups excluding carboxylic acids is 1. The summed E-state index contributed by atoms with van der Waals surface area (Å²) in [5, 5.41) is 12.2. The zero-order valence-electron chi connectivity index (χ0n) is 10.4. The maximum atomic E-state index is 13.7. The van der Waals surface area contributed by atoms with Crippen molar-refractivity contribution in [3.8, 4) is 10.6 Å². The van der Waals surface area contributed by atoms with Crippen LogP contribution in [0.2, 0.25) is 0 Å². The number of carbonyl (C=O) groups is 1. The van der Waals surface area contributed by atoms with Gasteiger partial charge in [0.15, 0.2) is 5.01 Å². The third-order valence-corrected chi connectivity index (χ3v) is 3.49. The number of rotatable bonds is 3. The van der Waals surface area contributed by atoms with Gasteiger partial charge in [-0.3, -0.25) is 0 Å². The first kappa shape index (κ1) is 12.7. The number of fused-ring (bicyclic) bond motifs is 1. The van der Waals surface area contributed by atoms with Crippen LogP contribution in [0.25, 0.3) is 15.5 Å². The number of ether oxygens (including phenoxy) is 1. The fourth-order valence-corrected chi connectivity index (χ4v) is 2.55. The van der Waals surface area contributed by atoms with Crippen LogP contribution in [0, 0.1) is 5.82 Å². The van der Waals surface area contributed by atoms with Crippen molar-refractivity contribution in [1.82, 2.24) is 19.8 Å². The summed E-state index contributed by atoms with van der Waals surface area (Å²) in [6, 6.07) is 6.28. The summed E-state index contributed by atoms with van der Waals surface area (Å²) < 4.78 is 19.8.